The minimum Gasteiger partial charge on any atom is -0.394 e. The smallest absolute Gasteiger partial charge is 0.229 e. The van der Waals surface area contributed by atoms with Gasteiger partial charge >= 0.3 is 0 Å². The summed E-state index contributed by atoms with van der Waals surface area (Å²) >= 11 is 0. The Balaban J connectivity index is 2.11. The van der Waals surface area contributed by atoms with Gasteiger partial charge in [0.25, 0.3) is 0 Å². The van der Waals surface area contributed by atoms with E-state index in [-0.39, 0.29) is 5.91 Å². The third-order valence-corrected chi connectivity index (χ3v) is 3.46. The lowest BCUT2D eigenvalue weighted by atomic mass is 10.0. The molecule has 0 atom stereocenters. The molecule has 0 unspecified atom stereocenters. The molecule has 1 aromatic heterocycles. The summed E-state index contributed by atoms with van der Waals surface area (Å²) in [6.45, 7) is 5.91. The Kier molecular flexibility index (Phi) is 3.79. The van der Waals surface area contributed by atoms with Gasteiger partial charge in [0.2, 0.25) is 5.91 Å². The van der Waals surface area contributed by atoms with Crippen molar-refractivity contribution in [2.75, 3.05) is 11.1 Å². The number of nitrogens with two attached hydrogens (primary N) is 1. The normalized spacial score (nSPS) is 10.6. The number of rotatable bonds is 3. The molecule has 0 saturated carbocycles. The number of hydrogen-bond donors (Lipinski definition) is 2. The van der Waals surface area contributed by atoms with Crippen LogP contribution < -0.4 is 11.1 Å². The fourth-order valence-electron chi connectivity index (χ4n) is 2.10. The van der Waals surface area contributed by atoms with Gasteiger partial charge in [-0.3, -0.25) is 9.48 Å². The fraction of sp³-hybridized carbons (Fsp3) is 0.333. The summed E-state index contributed by atoms with van der Waals surface area (Å²) in [5.41, 5.74) is 10.5. The molecule has 3 N–H and O–H groups in total. The summed E-state index contributed by atoms with van der Waals surface area (Å²) in [4.78, 5) is 12.1. The van der Waals surface area contributed by atoms with Gasteiger partial charge in [-0.1, -0.05) is 18.2 Å². The molecule has 5 heteroatoms. The highest BCUT2D eigenvalue weighted by Crippen LogP contribution is 2.21. The van der Waals surface area contributed by atoms with E-state index >= 15 is 0 Å². The van der Waals surface area contributed by atoms with Gasteiger partial charge in [0.1, 0.15) is 0 Å². The number of nitrogen functional groups attached to an aromatic ring is 1. The van der Waals surface area contributed by atoms with E-state index in [0.717, 1.165) is 5.56 Å². The number of carbonyl (C=O) groups excluding carboxylic acids is 1. The van der Waals surface area contributed by atoms with Gasteiger partial charge in [-0.05, 0) is 37.5 Å². The van der Waals surface area contributed by atoms with Gasteiger partial charge in [-0.15, -0.1) is 0 Å². The van der Waals surface area contributed by atoms with Gasteiger partial charge in [-0.2, -0.15) is 5.10 Å². The second-order valence-electron chi connectivity index (χ2n) is 5.11. The highest BCUT2D eigenvalue weighted by molar-refractivity contribution is 5.94. The predicted molar refractivity (Wildman–Crippen MR) is 80.6 cm³/mol. The third-order valence-electron chi connectivity index (χ3n) is 3.46. The minimum atomic E-state index is -0.0945. The molecule has 0 fully saturated rings. The Morgan fingerprint density at radius 1 is 1.30 bits per heavy atom. The van der Waals surface area contributed by atoms with Crippen molar-refractivity contribution in [1.82, 2.24) is 9.78 Å². The molecule has 1 amide bonds. The number of carbonyl (C=O) groups is 1. The van der Waals surface area contributed by atoms with Gasteiger partial charge in [-0.25, -0.2) is 0 Å². The molecule has 0 aliphatic carbocycles. The van der Waals surface area contributed by atoms with Crippen LogP contribution in [0.15, 0.2) is 18.2 Å². The fourth-order valence-corrected chi connectivity index (χ4v) is 2.10. The van der Waals surface area contributed by atoms with Crippen LogP contribution >= 0.6 is 0 Å². The van der Waals surface area contributed by atoms with E-state index in [4.69, 9.17) is 5.73 Å². The van der Waals surface area contributed by atoms with Crippen LogP contribution in [0, 0.1) is 20.8 Å². The van der Waals surface area contributed by atoms with Crippen LogP contribution in [0.5, 0.6) is 0 Å². The van der Waals surface area contributed by atoms with E-state index < -0.39 is 0 Å². The molecule has 2 rings (SSSR count). The number of benzene rings is 1. The lowest BCUT2D eigenvalue weighted by Crippen LogP contribution is -2.17. The van der Waals surface area contributed by atoms with Crippen molar-refractivity contribution in [3.05, 3.63) is 40.6 Å². The number of nitrogens with zero attached hydrogens (tertiary/aromatic N) is 2. The SMILES string of the molecule is Cc1ccc(CC(=O)Nc2c(N)c(C)nn2C)cc1C. The zero-order valence-electron chi connectivity index (χ0n) is 12.3. The molecular weight excluding hydrogens is 252 g/mol. The predicted octanol–water partition coefficient (Wildman–Crippen LogP) is 2.11. The molecular formula is C15H20N4O. The Hall–Kier alpha value is -2.30. The Morgan fingerprint density at radius 2 is 2.00 bits per heavy atom. The van der Waals surface area contributed by atoms with Crippen LogP contribution in [0.1, 0.15) is 22.4 Å². The highest BCUT2D eigenvalue weighted by atomic mass is 16.1. The largest absolute Gasteiger partial charge is 0.394 e. The second-order valence-corrected chi connectivity index (χ2v) is 5.11. The summed E-state index contributed by atoms with van der Waals surface area (Å²) in [5, 5.41) is 6.99. The van der Waals surface area contributed by atoms with Crippen molar-refractivity contribution >= 4 is 17.4 Å². The van der Waals surface area contributed by atoms with E-state index in [1.165, 1.54) is 11.1 Å². The first-order valence-corrected chi connectivity index (χ1v) is 6.53. The molecule has 0 saturated heterocycles. The molecule has 0 aliphatic heterocycles. The van der Waals surface area contributed by atoms with Gasteiger partial charge in [0.15, 0.2) is 5.82 Å². The molecule has 106 valence electrons. The minimum absolute atomic E-state index is 0.0945. The van der Waals surface area contributed by atoms with E-state index in [1.54, 1.807) is 11.7 Å². The molecule has 0 bridgehead atoms. The Bertz CT molecular complexity index is 658. The summed E-state index contributed by atoms with van der Waals surface area (Å²) in [5.74, 6) is 0.458. The van der Waals surface area contributed by atoms with Crippen molar-refractivity contribution in [2.24, 2.45) is 7.05 Å². The number of aryl methyl sites for hydroxylation is 4. The lowest BCUT2D eigenvalue weighted by molar-refractivity contribution is -0.115. The number of nitrogens with one attached hydrogen (secondary N) is 1. The number of hydrogen-bond acceptors (Lipinski definition) is 3. The second kappa shape index (κ2) is 5.36. The van der Waals surface area contributed by atoms with Gasteiger partial charge in [0, 0.05) is 7.05 Å². The van der Waals surface area contributed by atoms with E-state index in [9.17, 15) is 4.79 Å². The number of aromatic nitrogens is 2. The van der Waals surface area contributed by atoms with Crippen molar-refractivity contribution in [2.45, 2.75) is 27.2 Å². The number of anilines is 2. The van der Waals surface area contributed by atoms with E-state index in [1.807, 2.05) is 32.0 Å². The molecule has 5 nitrogen and oxygen atoms in total. The van der Waals surface area contributed by atoms with Crippen molar-refractivity contribution < 1.29 is 4.79 Å². The summed E-state index contributed by atoms with van der Waals surface area (Å²) in [7, 11) is 1.76. The maximum atomic E-state index is 12.1. The van der Waals surface area contributed by atoms with Gasteiger partial charge < -0.3 is 11.1 Å². The van der Waals surface area contributed by atoms with Crippen LogP contribution in [0.3, 0.4) is 0 Å². The first-order chi connectivity index (χ1) is 9.38. The first kappa shape index (κ1) is 14.1. The third kappa shape index (κ3) is 2.82. The van der Waals surface area contributed by atoms with Crippen LogP contribution in [-0.2, 0) is 18.3 Å². The topological polar surface area (TPSA) is 72.9 Å². The van der Waals surface area contributed by atoms with Crippen LogP contribution in [-0.4, -0.2) is 15.7 Å². The molecule has 0 spiro atoms. The Labute approximate surface area is 118 Å². The zero-order valence-corrected chi connectivity index (χ0v) is 12.3. The molecule has 1 heterocycles. The van der Waals surface area contributed by atoms with E-state index in [2.05, 4.69) is 17.3 Å². The molecule has 1 aromatic carbocycles. The van der Waals surface area contributed by atoms with Crippen molar-refractivity contribution in [1.29, 1.82) is 0 Å². The summed E-state index contributed by atoms with van der Waals surface area (Å²) < 4.78 is 1.59. The molecule has 2 aromatic rings. The summed E-state index contributed by atoms with van der Waals surface area (Å²) in [6.07, 6.45) is 0.324. The average Bonchev–Trinajstić information content (AvgIpc) is 2.61. The number of amides is 1. The van der Waals surface area contributed by atoms with Crippen LogP contribution in [0.25, 0.3) is 0 Å². The monoisotopic (exact) mass is 272 g/mol. The zero-order chi connectivity index (χ0) is 14.9. The van der Waals surface area contributed by atoms with Crippen molar-refractivity contribution in [3.8, 4) is 0 Å². The summed E-state index contributed by atoms with van der Waals surface area (Å²) in [6, 6.07) is 6.03. The maximum Gasteiger partial charge on any atom is 0.229 e. The molecule has 0 aliphatic rings. The van der Waals surface area contributed by atoms with Crippen molar-refractivity contribution in [3.63, 3.8) is 0 Å². The van der Waals surface area contributed by atoms with Crippen LogP contribution in [0.2, 0.25) is 0 Å². The Morgan fingerprint density at radius 3 is 2.55 bits per heavy atom. The first-order valence-electron chi connectivity index (χ1n) is 6.53. The average molecular weight is 272 g/mol. The molecule has 20 heavy (non-hydrogen) atoms. The standard InChI is InChI=1S/C15H20N4O/c1-9-5-6-12(7-10(9)2)8-13(20)17-15-14(16)11(3)18-19(15)4/h5-7H,8,16H2,1-4H3,(H,17,20). The molecule has 0 radical (unpaired) electrons. The quantitative estimate of drug-likeness (QED) is 0.898. The van der Waals surface area contributed by atoms with Crippen LogP contribution in [0.4, 0.5) is 11.5 Å². The highest BCUT2D eigenvalue weighted by Gasteiger charge is 2.13. The van der Waals surface area contributed by atoms with Gasteiger partial charge in [0.05, 0.1) is 17.8 Å². The maximum absolute atomic E-state index is 12.1. The van der Waals surface area contributed by atoms with E-state index in [0.29, 0.717) is 23.6 Å². The lowest BCUT2D eigenvalue weighted by Gasteiger charge is -2.08.